The number of hydrogen-bond donors (Lipinski definition) is 1. The van der Waals surface area contributed by atoms with E-state index in [1.807, 2.05) is 6.20 Å². The van der Waals surface area contributed by atoms with Crippen molar-refractivity contribution in [1.82, 2.24) is 10.2 Å². The van der Waals surface area contributed by atoms with Crippen LogP contribution < -0.4 is 5.30 Å². The molecule has 0 aliphatic rings. The zero-order chi connectivity index (χ0) is 4.41. The van der Waals surface area contributed by atoms with Gasteiger partial charge in [-0.15, -0.1) is 9.24 Å². The van der Waals surface area contributed by atoms with Crippen molar-refractivity contribution in [1.29, 1.82) is 0 Å². The highest BCUT2D eigenvalue weighted by Gasteiger charge is 1.74. The summed E-state index contributed by atoms with van der Waals surface area (Å²) in [7, 11) is 2.52. The third-order valence-electron chi connectivity index (χ3n) is 0.519. The summed E-state index contributed by atoms with van der Waals surface area (Å²) in [6.07, 6.45) is 3.55. The van der Waals surface area contributed by atoms with Gasteiger partial charge >= 0.3 is 0 Å². The van der Waals surface area contributed by atoms with E-state index in [1.54, 1.807) is 6.20 Å². The normalized spacial score (nSPS) is 8.83. The molecule has 1 aromatic heterocycles. The number of nitrogens with zero attached hydrogens (tertiary/aromatic N) is 1. The van der Waals surface area contributed by atoms with Crippen LogP contribution in [0.2, 0.25) is 0 Å². The minimum absolute atomic E-state index is 1.09. The molecule has 1 aromatic rings. The first-order valence-electron chi connectivity index (χ1n) is 1.64. The van der Waals surface area contributed by atoms with Gasteiger partial charge in [0, 0.05) is 11.5 Å². The average Bonchev–Trinajstić information content (AvgIpc) is 1.86. The standard InChI is InChI=1S/C3H5N2P/c6-3-1-4-5-2-3/h1-2H,6H2,(H,4,5). The molecule has 0 aliphatic heterocycles. The van der Waals surface area contributed by atoms with Gasteiger partial charge in [0.15, 0.2) is 0 Å². The van der Waals surface area contributed by atoms with E-state index in [0.717, 1.165) is 5.30 Å². The molecule has 0 fully saturated rings. The summed E-state index contributed by atoms with van der Waals surface area (Å²) in [4.78, 5) is 0. The summed E-state index contributed by atoms with van der Waals surface area (Å²) in [5, 5.41) is 7.43. The molecule has 0 aliphatic carbocycles. The Balaban J connectivity index is 3.05. The number of aromatic amines is 1. The molecule has 0 spiro atoms. The molecule has 3 heteroatoms. The van der Waals surface area contributed by atoms with Crippen LogP contribution in [-0.4, -0.2) is 10.2 Å². The number of H-pyrrole nitrogens is 1. The van der Waals surface area contributed by atoms with Crippen LogP contribution in [0.5, 0.6) is 0 Å². The van der Waals surface area contributed by atoms with E-state index in [4.69, 9.17) is 0 Å². The summed E-state index contributed by atoms with van der Waals surface area (Å²) in [5.74, 6) is 0. The Morgan fingerprint density at radius 3 is 2.83 bits per heavy atom. The van der Waals surface area contributed by atoms with Gasteiger partial charge in [-0.3, -0.25) is 5.10 Å². The van der Waals surface area contributed by atoms with Crippen molar-refractivity contribution in [3.63, 3.8) is 0 Å². The van der Waals surface area contributed by atoms with E-state index in [-0.39, 0.29) is 0 Å². The first kappa shape index (κ1) is 3.82. The number of aromatic nitrogens is 2. The maximum Gasteiger partial charge on any atom is 0.0558 e. The second kappa shape index (κ2) is 1.39. The Morgan fingerprint density at radius 1 is 1.83 bits per heavy atom. The average molecular weight is 100 g/mol. The fourth-order valence-electron chi connectivity index (χ4n) is 0.261. The Kier molecular flexibility index (Phi) is 0.887. The maximum absolute atomic E-state index is 3.68. The monoisotopic (exact) mass is 100 g/mol. The molecule has 0 aromatic carbocycles. The van der Waals surface area contributed by atoms with Crippen LogP contribution in [0, 0.1) is 0 Å². The summed E-state index contributed by atoms with van der Waals surface area (Å²) < 4.78 is 0. The lowest BCUT2D eigenvalue weighted by atomic mass is 10.7. The number of hydrogen-bond acceptors (Lipinski definition) is 1. The summed E-state index contributed by atoms with van der Waals surface area (Å²) in [6, 6.07) is 0. The van der Waals surface area contributed by atoms with Crippen LogP contribution in [0.1, 0.15) is 0 Å². The van der Waals surface area contributed by atoms with Crippen molar-refractivity contribution >= 4 is 14.5 Å². The minimum Gasteiger partial charge on any atom is -0.285 e. The van der Waals surface area contributed by atoms with Crippen molar-refractivity contribution in [2.45, 2.75) is 0 Å². The SMILES string of the molecule is Pc1cn[nH]c1. The third kappa shape index (κ3) is 0.575. The largest absolute Gasteiger partial charge is 0.285 e. The first-order chi connectivity index (χ1) is 2.89. The molecule has 1 rings (SSSR count). The Labute approximate surface area is 38.2 Å². The van der Waals surface area contributed by atoms with Crippen molar-refractivity contribution in [3.05, 3.63) is 12.4 Å². The fraction of sp³-hybridized carbons (Fsp3) is 0. The molecular formula is C3H5N2P. The van der Waals surface area contributed by atoms with Crippen LogP contribution >= 0.6 is 9.24 Å². The molecule has 0 amide bonds. The molecule has 32 valence electrons. The van der Waals surface area contributed by atoms with Crippen molar-refractivity contribution in [3.8, 4) is 0 Å². The highest BCUT2D eigenvalue weighted by Crippen LogP contribution is 1.78. The molecule has 2 nitrogen and oxygen atoms in total. The second-order valence-electron chi connectivity index (χ2n) is 1.03. The van der Waals surface area contributed by atoms with Gasteiger partial charge in [0.05, 0.1) is 6.20 Å². The highest BCUT2D eigenvalue weighted by atomic mass is 31.0. The van der Waals surface area contributed by atoms with Gasteiger partial charge in [-0.1, -0.05) is 0 Å². The lowest BCUT2D eigenvalue weighted by molar-refractivity contribution is 1.09. The van der Waals surface area contributed by atoms with Gasteiger partial charge in [-0.2, -0.15) is 5.10 Å². The van der Waals surface area contributed by atoms with Gasteiger partial charge in [-0.05, 0) is 0 Å². The lowest BCUT2D eigenvalue weighted by Gasteiger charge is -1.63. The van der Waals surface area contributed by atoms with E-state index in [0.29, 0.717) is 0 Å². The molecule has 1 unspecified atom stereocenters. The predicted octanol–water partition coefficient (Wildman–Crippen LogP) is -0.0899. The second-order valence-corrected chi connectivity index (χ2v) is 1.70. The van der Waals surface area contributed by atoms with E-state index in [1.165, 1.54) is 0 Å². The summed E-state index contributed by atoms with van der Waals surface area (Å²) >= 11 is 0. The van der Waals surface area contributed by atoms with Crippen LogP contribution in [-0.2, 0) is 0 Å². The summed E-state index contributed by atoms with van der Waals surface area (Å²) in [6.45, 7) is 0. The van der Waals surface area contributed by atoms with E-state index in [2.05, 4.69) is 19.4 Å². The zero-order valence-electron chi connectivity index (χ0n) is 3.18. The smallest absolute Gasteiger partial charge is 0.0558 e. The van der Waals surface area contributed by atoms with Crippen LogP contribution in [0.25, 0.3) is 0 Å². The highest BCUT2D eigenvalue weighted by molar-refractivity contribution is 7.27. The van der Waals surface area contributed by atoms with Gasteiger partial charge in [0.1, 0.15) is 0 Å². The van der Waals surface area contributed by atoms with Gasteiger partial charge in [-0.25, -0.2) is 0 Å². The first-order valence-corrected chi connectivity index (χ1v) is 2.21. The van der Waals surface area contributed by atoms with Gasteiger partial charge in [0.25, 0.3) is 0 Å². The Morgan fingerprint density at radius 2 is 2.67 bits per heavy atom. The summed E-state index contributed by atoms with van der Waals surface area (Å²) in [5.41, 5.74) is 0. The number of nitrogens with one attached hydrogen (secondary N) is 1. The van der Waals surface area contributed by atoms with Crippen LogP contribution in [0.3, 0.4) is 0 Å². The number of rotatable bonds is 0. The van der Waals surface area contributed by atoms with Crippen molar-refractivity contribution in [2.24, 2.45) is 0 Å². The zero-order valence-corrected chi connectivity index (χ0v) is 4.33. The van der Waals surface area contributed by atoms with Crippen molar-refractivity contribution < 1.29 is 0 Å². The third-order valence-corrected chi connectivity index (χ3v) is 0.835. The van der Waals surface area contributed by atoms with Gasteiger partial charge < -0.3 is 0 Å². The molecular weight excluding hydrogens is 95.0 g/mol. The molecule has 0 saturated heterocycles. The maximum atomic E-state index is 3.68. The van der Waals surface area contributed by atoms with Crippen LogP contribution in [0.15, 0.2) is 12.4 Å². The molecule has 0 radical (unpaired) electrons. The van der Waals surface area contributed by atoms with E-state index < -0.39 is 0 Å². The fourth-order valence-corrected chi connectivity index (χ4v) is 0.410. The topological polar surface area (TPSA) is 28.7 Å². The van der Waals surface area contributed by atoms with Crippen LogP contribution in [0.4, 0.5) is 0 Å². The Bertz CT molecular complexity index is 112. The molecule has 6 heavy (non-hydrogen) atoms. The van der Waals surface area contributed by atoms with Gasteiger partial charge in [0.2, 0.25) is 0 Å². The predicted molar refractivity (Wildman–Crippen MR) is 27.9 cm³/mol. The lowest BCUT2D eigenvalue weighted by Crippen LogP contribution is -1.75. The molecule has 0 saturated carbocycles. The van der Waals surface area contributed by atoms with E-state index >= 15 is 0 Å². The van der Waals surface area contributed by atoms with E-state index in [9.17, 15) is 0 Å². The quantitative estimate of drug-likeness (QED) is 0.453. The molecule has 1 N–H and O–H groups in total. The molecule has 1 atom stereocenters. The Hall–Kier alpha value is -0.360. The van der Waals surface area contributed by atoms with Crippen molar-refractivity contribution in [2.75, 3.05) is 0 Å². The molecule has 1 heterocycles. The molecule has 0 bridgehead atoms. The minimum atomic E-state index is 1.09.